The molecule has 1 amide bonds. The van der Waals surface area contributed by atoms with Crippen LogP contribution in [0.15, 0.2) is 42.7 Å². The molecule has 2 aromatic heterocycles. The Bertz CT molecular complexity index is 808. The van der Waals surface area contributed by atoms with Crippen molar-refractivity contribution in [2.24, 2.45) is 0 Å². The van der Waals surface area contributed by atoms with Crippen molar-refractivity contribution in [3.63, 3.8) is 0 Å². The van der Waals surface area contributed by atoms with E-state index in [4.69, 9.17) is 4.74 Å². The van der Waals surface area contributed by atoms with E-state index in [0.29, 0.717) is 11.4 Å². The quantitative estimate of drug-likeness (QED) is 0.774. The third-order valence-electron chi connectivity index (χ3n) is 3.23. The minimum absolute atomic E-state index is 0.111. The van der Waals surface area contributed by atoms with Gasteiger partial charge in [-0.05, 0) is 24.3 Å². The van der Waals surface area contributed by atoms with Crippen LogP contribution in [0.3, 0.4) is 0 Å². The van der Waals surface area contributed by atoms with Gasteiger partial charge in [-0.3, -0.25) is 4.79 Å². The fraction of sp³-hybridized carbons (Fsp3) is 0.125. The molecular formula is C16H15N3O2. The number of pyridine rings is 1. The summed E-state index contributed by atoms with van der Waals surface area (Å²) in [4.78, 5) is 18.6. The second kappa shape index (κ2) is 5.28. The van der Waals surface area contributed by atoms with Crippen LogP contribution in [0.25, 0.3) is 22.2 Å². The average Bonchev–Trinajstić information content (AvgIpc) is 2.93. The highest BCUT2D eigenvalue weighted by molar-refractivity contribution is 5.90. The fourth-order valence-corrected chi connectivity index (χ4v) is 2.30. The van der Waals surface area contributed by atoms with Gasteiger partial charge in [-0.15, -0.1) is 0 Å². The maximum absolute atomic E-state index is 11.1. The number of carbonyl (C=O) groups excluding carboxylic acids is 1. The summed E-state index contributed by atoms with van der Waals surface area (Å²) in [5.74, 6) is 0.582. The number of ether oxygens (including phenoxy) is 1. The third-order valence-corrected chi connectivity index (χ3v) is 3.23. The van der Waals surface area contributed by atoms with E-state index in [0.717, 1.165) is 22.2 Å². The number of hydrogen-bond acceptors (Lipinski definition) is 3. The largest absolute Gasteiger partial charge is 0.496 e. The molecule has 0 bridgehead atoms. The first-order valence-corrected chi connectivity index (χ1v) is 6.56. The van der Waals surface area contributed by atoms with Gasteiger partial charge < -0.3 is 15.0 Å². The van der Waals surface area contributed by atoms with E-state index < -0.39 is 0 Å². The molecule has 0 saturated heterocycles. The lowest BCUT2D eigenvalue weighted by molar-refractivity contribution is -0.114. The molecule has 0 aliphatic rings. The molecule has 3 aromatic rings. The van der Waals surface area contributed by atoms with Crippen LogP contribution < -0.4 is 10.1 Å². The number of methoxy groups -OCH3 is 1. The lowest BCUT2D eigenvalue weighted by Gasteiger charge is -2.11. The van der Waals surface area contributed by atoms with E-state index in [9.17, 15) is 4.79 Å². The molecule has 0 saturated carbocycles. The Morgan fingerprint density at radius 2 is 2.14 bits per heavy atom. The number of nitrogens with one attached hydrogen (secondary N) is 2. The standard InChI is InChI=1S/C16H15N3O2/c1-10(20)19-13-3-4-14(15(8-13)21-2)12-7-11-5-6-17-16(11)18-9-12/h3-9H,1-2H3,(H,17,18)(H,19,20). The number of hydrogen-bond donors (Lipinski definition) is 2. The van der Waals surface area contributed by atoms with Crippen LogP contribution in [-0.2, 0) is 4.79 Å². The Labute approximate surface area is 122 Å². The van der Waals surface area contributed by atoms with Gasteiger partial charge in [0.05, 0.1) is 7.11 Å². The van der Waals surface area contributed by atoms with Crippen LogP contribution in [0.2, 0.25) is 0 Å². The number of aromatic amines is 1. The summed E-state index contributed by atoms with van der Waals surface area (Å²) in [7, 11) is 1.61. The van der Waals surface area contributed by atoms with Crippen LogP contribution in [0.4, 0.5) is 5.69 Å². The molecule has 0 aliphatic carbocycles. The van der Waals surface area contributed by atoms with Gasteiger partial charge in [0.15, 0.2) is 0 Å². The molecule has 0 atom stereocenters. The van der Waals surface area contributed by atoms with Gasteiger partial charge in [0, 0.05) is 47.6 Å². The highest BCUT2D eigenvalue weighted by Gasteiger charge is 2.09. The maximum Gasteiger partial charge on any atom is 0.221 e. The Hall–Kier alpha value is -2.82. The number of nitrogens with zero attached hydrogens (tertiary/aromatic N) is 1. The first kappa shape index (κ1) is 13.2. The molecule has 106 valence electrons. The molecule has 0 spiro atoms. The maximum atomic E-state index is 11.1. The predicted molar refractivity (Wildman–Crippen MR) is 82.4 cm³/mol. The molecule has 3 rings (SSSR count). The first-order valence-electron chi connectivity index (χ1n) is 6.56. The second-order valence-electron chi connectivity index (χ2n) is 4.74. The fourth-order valence-electron chi connectivity index (χ4n) is 2.30. The van der Waals surface area contributed by atoms with Crippen LogP contribution in [-0.4, -0.2) is 23.0 Å². The SMILES string of the molecule is COc1cc(NC(C)=O)ccc1-c1cnc2[nH]ccc2c1. The average molecular weight is 281 g/mol. The van der Waals surface area contributed by atoms with E-state index >= 15 is 0 Å². The lowest BCUT2D eigenvalue weighted by Crippen LogP contribution is -2.05. The summed E-state index contributed by atoms with van der Waals surface area (Å²) < 4.78 is 5.43. The van der Waals surface area contributed by atoms with Crippen molar-refractivity contribution in [2.45, 2.75) is 6.92 Å². The van der Waals surface area contributed by atoms with Crippen molar-refractivity contribution in [3.8, 4) is 16.9 Å². The molecule has 21 heavy (non-hydrogen) atoms. The Morgan fingerprint density at radius 1 is 1.29 bits per heavy atom. The van der Waals surface area contributed by atoms with E-state index in [2.05, 4.69) is 21.4 Å². The van der Waals surface area contributed by atoms with Crippen LogP contribution in [0, 0.1) is 0 Å². The monoisotopic (exact) mass is 281 g/mol. The molecule has 0 fully saturated rings. The minimum Gasteiger partial charge on any atom is -0.496 e. The predicted octanol–water partition coefficient (Wildman–Crippen LogP) is 3.20. The summed E-state index contributed by atoms with van der Waals surface area (Å²) in [5.41, 5.74) is 3.46. The van der Waals surface area contributed by atoms with Gasteiger partial charge in [0.2, 0.25) is 5.91 Å². The highest BCUT2D eigenvalue weighted by atomic mass is 16.5. The number of carbonyl (C=O) groups is 1. The molecule has 2 heterocycles. The zero-order valence-corrected chi connectivity index (χ0v) is 11.8. The molecule has 2 N–H and O–H groups in total. The van der Waals surface area contributed by atoms with E-state index in [1.54, 1.807) is 19.4 Å². The van der Waals surface area contributed by atoms with Crippen LogP contribution in [0.1, 0.15) is 6.92 Å². The normalized spacial score (nSPS) is 10.6. The number of fused-ring (bicyclic) bond motifs is 1. The lowest BCUT2D eigenvalue weighted by atomic mass is 10.0. The summed E-state index contributed by atoms with van der Waals surface area (Å²) in [6.07, 6.45) is 3.66. The van der Waals surface area contributed by atoms with Gasteiger partial charge in [-0.1, -0.05) is 0 Å². The van der Waals surface area contributed by atoms with Crippen molar-refractivity contribution < 1.29 is 9.53 Å². The number of anilines is 1. The number of amides is 1. The van der Waals surface area contributed by atoms with E-state index in [1.807, 2.05) is 24.4 Å². The third kappa shape index (κ3) is 2.58. The zero-order chi connectivity index (χ0) is 14.8. The molecule has 0 radical (unpaired) electrons. The summed E-state index contributed by atoms with van der Waals surface area (Å²) in [6.45, 7) is 1.48. The Kier molecular flexibility index (Phi) is 3.31. The van der Waals surface area contributed by atoms with Gasteiger partial charge in [-0.25, -0.2) is 4.98 Å². The molecule has 1 aromatic carbocycles. The summed E-state index contributed by atoms with van der Waals surface area (Å²) in [6, 6.07) is 9.59. The molecular weight excluding hydrogens is 266 g/mol. The van der Waals surface area contributed by atoms with E-state index in [-0.39, 0.29) is 5.91 Å². The minimum atomic E-state index is -0.111. The smallest absolute Gasteiger partial charge is 0.221 e. The van der Waals surface area contributed by atoms with Gasteiger partial charge in [-0.2, -0.15) is 0 Å². The number of rotatable bonds is 3. The second-order valence-corrected chi connectivity index (χ2v) is 4.74. The Balaban J connectivity index is 2.05. The molecule has 5 heteroatoms. The molecule has 0 unspecified atom stereocenters. The van der Waals surface area contributed by atoms with Crippen LogP contribution in [0.5, 0.6) is 5.75 Å². The summed E-state index contributed by atoms with van der Waals surface area (Å²) >= 11 is 0. The van der Waals surface area contributed by atoms with E-state index in [1.165, 1.54) is 6.92 Å². The van der Waals surface area contributed by atoms with Crippen LogP contribution >= 0.6 is 0 Å². The van der Waals surface area contributed by atoms with Crippen molar-refractivity contribution in [1.82, 2.24) is 9.97 Å². The van der Waals surface area contributed by atoms with Gasteiger partial charge >= 0.3 is 0 Å². The number of H-pyrrole nitrogens is 1. The number of aromatic nitrogens is 2. The summed E-state index contributed by atoms with van der Waals surface area (Å²) in [5, 5.41) is 3.79. The van der Waals surface area contributed by atoms with Gasteiger partial charge in [0.1, 0.15) is 11.4 Å². The first-order chi connectivity index (χ1) is 10.2. The van der Waals surface area contributed by atoms with Crippen molar-refractivity contribution in [2.75, 3.05) is 12.4 Å². The number of benzene rings is 1. The highest BCUT2D eigenvalue weighted by Crippen LogP contribution is 2.33. The topological polar surface area (TPSA) is 67.0 Å². The van der Waals surface area contributed by atoms with Crippen molar-refractivity contribution in [1.29, 1.82) is 0 Å². The zero-order valence-electron chi connectivity index (χ0n) is 11.8. The van der Waals surface area contributed by atoms with Crippen molar-refractivity contribution in [3.05, 3.63) is 42.7 Å². The van der Waals surface area contributed by atoms with Crippen molar-refractivity contribution >= 4 is 22.6 Å². The molecule has 5 nitrogen and oxygen atoms in total. The molecule has 0 aliphatic heterocycles. The van der Waals surface area contributed by atoms with Gasteiger partial charge in [0.25, 0.3) is 0 Å². The Morgan fingerprint density at radius 3 is 2.90 bits per heavy atom.